The van der Waals surface area contributed by atoms with Gasteiger partial charge in [0.05, 0.1) is 11.4 Å². The Morgan fingerprint density at radius 1 is 1.23 bits per heavy atom. The van der Waals surface area contributed by atoms with Crippen molar-refractivity contribution >= 4 is 17.5 Å². The summed E-state index contributed by atoms with van der Waals surface area (Å²) >= 11 is 1.31. The zero-order chi connectivity index (χ0) is 18.5. The SMILES string of the molecule is Cc1c(C(C)C2CCCCC2)nc(SCC(=O)c2ccccc2)[nH]c1=O. The zero-order valence-electron chi connectivity index (χ0n) is 15.5. The Hall–Kier alpha value is -1.88. The van der Waals surface area contributed by atoms with Crippen LogP contribution in [0.2, 0.25) is 0 Å². The van der Waals surface area contributed by atoms with Crippen molar-refractivity contribution in [3.8, 4) is 0 Å². The van der Waals surface area contributed by atoms with Crippen LogP contribution < -0.4 is 5.56 Å². The van der Waals surface area contributed by atoms with Crippen molar-refractivity contribution in [3.05, 3.63) is 57.5 Å². The number of benzene rings is 1. The first-order chi connectivity index (χ1) is 12.6. The number of hydrogen-bond acceptors (Lipinski definition) is 4. The zero-order valence-corrected chi connectivity index (χ0v) is 16.3. The number of H-pyrrole nitrogens is 1. The summed E-state index contributed by atoms with van der Waals surface area (Å²) in [6, 6.07) is 9.22. The fourth-order valence-electron chi connectivity index (χ4n) is 3.74. The minimum atomic E-state index is -0.0904. The largest absolute Gasteiger partial charge is 0.301 e. The van der Waals surface area contributed by atoms with Gasteiger partial charge in [-0.3, -0.25) is 9.59 Å². The van der Waals surface area contributed by atoms with Gasteiger partial charge >= 0.3 is 0 Å². The number of hydrogen-bond donors (Lipinski definition) is 1. The van der Waals surface area contributed by atoms with Crippen LogP contribution in [0.4, 0.5) is 0 Å². The minimum absolute atomic E-state index is 0.0423. The molecule has 1 aromatic carbocycles. The molecule has 26 heavy (non-hydrogen) atoms. The predicted octanol–water partition coefficient (Wildman–Crippen LogP) is 4.74. The number of nitrogens with zero attached hydrogens (tertiary/aromatic N) is 1. The molecular formula is C21H26N2O2S. The minimum Gasteiger partial charge on any atom is -0.301 e. The maximum absolute atomic E-state index is 12.4. The Morgan fingerprint density at radius 3 is 2.62 bits per heavy atom. The standard InChI is InChI=1S/C21H26N2O2S/c1-14(16-9-5-3-6-10-16)19-15(2)20(25)23-21(22-19)26-13-18(24)17-11-7-4-8-12-17/h4,7-8,11-12,14,16H,3,5-6,9-10,13H2,1-2H3,(H,22,23,25). The van der Waals surface area contributed by atoms with Crippen LogP contribution in [0, 0.1) is 12.8 Å². The number of rotatable bonds is 6. The highest BCUT2D eigenvalue weighted by Crippen LogP contribution is 2.35. The van der Waals surface area contributed by atoms with Crippen LogP contribution in [0.5, 0.6) is 0 Å². The average molecular weight is 371 g/mol. The molecule has 0 radical (unpaired) electrons. The average Bonchev–Trinajstić information content (AvgIpc) is 2.69. The molecule has 2 aromatic rings. The highest BCUT2D eigenvalue weighted by atomic mass is 32.2. The number of nitrogens with one attached hydrogen (secondary N) is 1. The van der Waals surface area contributed by atoms with Gasteiger partial charge in [0.2, 0.25) is 0 Å². The number of aromatic nitrogens is 2. The van der Waals surface area contributed by atoms with Crippen molar-refractivity contribution in [2.24, 2.45) is 5.92 Å². The molecular weight excluding hydrogens is 344 g/mol. The Morgan fingerprint density at radius 2 is 1.92 bits per heavy atom. The molecule has 1 saturated carbocycles. The Kier molecular flexibility index (Phi) is 6.30. The molecule has 138 valence electrons. The molecule has 5 heteroatoms. The van der Waals surface area contributed by atoms with Crippen molar-refractivity contribution in [3.63, 3.8) is 0 Å². The molecule has 0 aliphatic heterocycles. The summed E-state index contributed by atoms with van der Waals surface area (Å²) in [4.78, 5) is 32.2. The highest BCUT2D eigenvalue weighted by Gasteiger charge is 2.25. The second-order valence-corrected chi connectivity index (χ2v) is 8.11. The third-order valence-corrected chi connectivity index (χ3v) is 6.26. The van der Waals surface area contributed by atoms with Gasteiger partial charge in [-0.2, -0.15) is 0 Å². The van der Waals surface area contributed by atoms with Gasteiger partial charge in [-0.15, -0.1) is 0 Å². The number of carbonyl (C=O) groups is 1. The van der Waals surface area contributed by atoms with Crippen LogP contribution in [0.1, 0.15) is 66.6 Å². The van der Waals surface area contributed by atoms with Crippen molar-refractivity contribution < 1.29 is 4.79 Å². The molecule has 4 nitrogen and oxygen atoms in total. The molecule has 1 aliphatic rings. The van der Waals surface area contributed by atoms with Crippen LogP contribution in [0.25, 0.3) is 0 Å². The second-order valence-electron chi connectivity index (χ2n) is 7.15. The molecule has 1 aliphatic carbocycles. The number of aromatic amines is 1. The van der Waals surface area contributed by atoms with E-state index in [-0.39, 0.29) is 23.0 Å². The highest BCUT2D eigenvalue weighted by molar-refractivity contribution is 7.99. The van der Waals surface area contributed by atoms with Crippen molar-refractivity contribution in [2.45, 2.75) is 57.0 Å². The third-order valence-electron chi connectivity index (χ3n) is 5.39. The molecule has 1 aromatic heterocycles. The summed E-state index contributed by atoms with van der Waals surface area (Å²) in [5.74, 6) is 1.19. The van der Waals surface area contributed by atoms with Gasteiger partial charge in [-0.25, -0.2) is 4.98 Å². The van der Waals surface area contributed by atoms with Gasteiger partial charge in [0.25, 0.3) is 5.56 Å². The van der Waals surface area contributed by atoms with Crippen LogP contribution in [0.3, 0.4) is 0 Å². The van der Waals surface area contributed by atoms with E-state index >= 15 is 0 Å². The van der Waals surface area contributed by atoms with E-state index in [2.05, 4.69) is 11.9 Å². The Bertz CT molecular complexity index is 811. The van der Waals surface area contributed by atoms with Crippen LogP contribution >= 0.6 is 11.8 Å². The lowest BCUT2D eigenvalue weighted by Crippen LogP contribution is -2.22. The van der Waals surface area contributed by atoms with Gasteiger partial charge < -0.3 is 4.98 Å². The molecule has 1 atom stereocenters. The molecule has 1 unspecified atom stereocenters. The van der Waals surface area contributed by atoms with E-state index in [0.29, 0.717) is 22.2 Å². The lowest BCUT2D eigenvalue weighted by Gasteiger charge is -2.28. The summed E-state index contributed by atoms with van der Waals surface area (Å²) < 4.78 is 0. The summed E-state index contributed by atoms with van der Waals surface area (Å²) in [5.41, 5.74) is 2.20. The molecule has 0 amide bonds. The molecule has 0 spiro atoms. The third kappa shape index (κ3) is 4.44. The first-order valence-electron chi connectivity index (χ1n) is 9.38. The Balaban J connectivity index is 1.75. The number of Topliss-reactive ketones (excluding diaryl/α,β-unsaturated/α-hetero) is 1. The quantitative estimate of drug-likeness (QED) is 0.453. The van der Waals surface area contributed by atoms with Gasteiger partial charge in [-0.1, -0.05) is 68.3 Å². The Labute approximate surface area is 158 Å². The molecule has 1 fully saturated rings. The maximum atomic E-state index is 12.4. The summed E-state index contributed by atoms with van der Waals surface area (Å²) in [5, 5.41) is 0.544. The number of thioether (sulfide) groups is 1. The van der Waals surface area contributed by atoms with Crippen LogP contribution in [-0.2, 0) is 0 Å². The van der Waals surface area contributed by atoms with Gasteiger partial charge in [0.1, 0.15) is 0 Å². The molecule has 1 N–H and O–H groups in total. The fraction of sp³-hybridized carbons (Fsp3) is 0.476. The van der Waals surface area contributed by atoms with E-state index in [4.69, 9.17) is 4.98 Å². The molecule has 0 bridgehead atoms. The van der Waals surface area contributed by atoms with Gasteiger partial charge in [0.15, 0.2) is 10.9 Å². The van der Waals surface area contributed by atoms with E-state index in [9.17, 15) is 9.59 Å². The summed E-state index contributed by atoms with van der Waals surface area (Å²) in [6.07, 6.45) is 6.27. The van der Waals surface area contributed by atoms with E-state index in [0.717, 1.165) is 5.69 Å². The molecule has 3 rings (SSSR count). The number of carbonyl (C=O) groups excluding carboxylic acids is 1. The van der Waals surface area contributed by atoms with Gasteiger partial charge in [-0.05, 0) is 25.7 Å². The van der Waals surface area contributed by atoms with Crippen molar-refractivity contribution in [1.82, 2.24) is 9.97 Å². The molecule has 1 heterocycles. The first-order valence-corrected chi connectivity index (χ1v) is 10.4. The molecule has 0 saturated heterocycles. The fourth-order valence-corrected chi connectivity index (χ4v) is 4.50. The first kappa shape index (κ1) is 18.9. The smallest absolute Gasteiger partial charge is 0.254 e. The van der Waals surface area contributed by atoms with Crippen molar-refractivity contribution in [2.75, 3.05) is 5.75 Å². The van der Waals surface area contributed by atoms with E-state index < -0.39 is 0 Å². The van der Waals surface area contributed by atoms with E-state index in [1.807, 2.05) is 37.3 Å². The topological polar surface area (TPSA) is 62.8 Å². The predicted molar refractivity (Wildman–Crippen MR) is 106 cm³/mol. The normalized spacial score (nSPS) is 16.4. The summed E-state index contributed by atoms with van der Waals surface area (Å²) in [7, 11) is 0. The van der Waals surface area contributed by atoms with Crippen molar-refractivity contribution in [1.29, 1.82) is 0 Å². The monoisotopic (exact) mass is 370 g/mol. The number of ketones is 1. The second kappa shape index (κ2) is 8.67. The van der Waals surface area contributed by atoms with Gasteiger partial charge in [0, 0.05) is 17.0 Å². The summed E-state index contributed by atoms with van der Waals surface area (Å²) in [6.45, 7) is 4.04. The van der Waals surface area contributed by atoms with E-state index in [1.165, 1.54) is 43.9 Å². The van der Waals surface area contributed by atoms with Crippen LogP contribution in [0.15, 0.2) is 40.3 Å². The van der Waals surface area contributed by atoms with Crippen LogP contribution in [-0.4, -0.2) is 21.5 Å². The maximum Gasteiger partial charge on any atom is 0.254 e. The lowest BCUT2D eigenvalue weighted by molar-refractivity contribution is 0.102. The van der Waals surface area contributed by atoms with E-state index in [1.54, 1.807) is 0 Å². The lowest BCUT2D eigenvalue weighted by atomic mass is 9.79.